The molecule has 1 heterocycles. The summed E-state index contributed by atoms with van der Waals surface area (Å²) in [6, 6.07) is 14.3. The third-order valence-corrected chi connectivity index (χ3v) is 3.97. The smallest absolute Gasteiger partial charge is 0.101 e. The molecule has 3 rings (SSSR count). The van der Waals surface area contributed by atoms with Crippen LogP contribution < -0.4 is 5.32 Å². The second-order valence-electron chi connectivity index (χ2n) is 4.65. The first kappa shape index (κ1) is 12.2. The van der Waals surface area contributed by atoms with Crippen LogP contribution in [0.2, 0.25) is 5.02 Å². The lowest BCUT2D eigenvalue weighted by atomic mass is 9.89. The van der Waals surface area contributed by atoms with Crippen molar-refractivity contribution < 1.29 is 0 Å². The summed E-state index contributed by atoms with van der Waals surface area (Å²) in [4.78, 5) is 0. The molecule has 0 spiro atoms. The van der Waals surface area contributed by atoms with Gasteiger partial charge < -0.3 is 5.32 Å². The maximum absolute atomic E-state index is 9.24. The fraction of sp³-hybridized carbons (Fsp3) is 0.188. The number of rotatable bonds is 1. The average molecular weight is 269 g/mol. The lowest BCUT2D eigenvalue weighted by molar-refractivity contribution is 0.645. The summed E-state index contributed by atoms with van der Waals surface area (Å²) in [5, 5.41) is 13.2. The highest BCUT2D eigenvalue weighted by molar-refractivity contribution is 6.32. The Balaban J connectivity index is 2.28. The zero-order valence-corrected chi connectivity index (χ0v) is 11.2. The van der Waals surface area contributed by atoms with Crippen LogP contribution in [0.1, 0.15) is 16.7 Å². The van der Waals surface area contributed by atoms with Gasteiger partial charge >= 0.3 is 0 Å². The number of hydrogen-bond donors (Lipinski definition) is 1. The zero-order valence-electron chi connectivity index (χ0n) is 10.4. The number of nitrogens with one attached hydrogen (secondary N) is 1. The lowest BCUT2D eigenvalue weighted by Crippen LogP contribution is -2.24. The molecular weight excluding hydrogens is 256 g/mol. The van der Waals surface area contributed by atoms with Crippen LogP contribution in [0.4, 0.5) is 0 Å². The van der Waals surface area contributed by atoms with Crippen LogP contribution in [-0.4, -0.2) is 6.54 Å². The highest BCUT2D eigenvalue weighted by Gasteiger charge is 2.19. The maximum Gasteiger partial charge on any atom is 0.101 e. The molecule has 2 aromatic carbocycles. The molecule has 0 amide bonds. The molecule has 0 saturated heterocycles. The van der Waals surface area contributed by atoms with Gasteiger partial charge in [0.25, 0.3) is 0 Å². The van der Waals surface area contributed by atoms with Crippen molar-refractivity contribution >= 4 is 11.6 Å². The summed E-state index contributed by atoms with van der Waals surface area (Å²) in [5.41, 5.74) is 5.19. The molecule has 0 radical (unpaired) electrons. The van der Waals surface area contributed by atoms with Crippen molar-refractivity contribution in [2.75, 3.05) is 6.54 Å². The second kappa shape index (κ2) is 5.05. The number of nitriles is 1. The van der Waals surface area contributed by atoms with Crippen LogP contribution in [0.3, 0.4) is 0 Å². The molecule has 0 aliphatic carbocycles. The van der Waals surface area contributed by atoms with Crippen molar-refractivity contribution in [1.29, 1.82) is 5.26 Å². The van der Waals surface area contributed by atoms with Gasteiger partial charge in [-0.2, -0.15) is 5.26 Å². The number of fused-ring (bicyclic) bond motifs is 1. The fourth-order valence-corrected chi connectivity index (χ4v) is 2.88. The van der Waals surface area contributed by atoms with Crippen LogP contribution >= 0.6 is 11.6 Å². The zero-order chi connectivity index (χ0) is 13.2. The van der Waals surface area contributed by atoms with Crippen LogP contribution in [0.25, 0.3) is 11.1 Å². The predicted molar refractivity (Wildman–Crippen MR) is 77.0 cm³/mol. The van der Waals surface area contributed by atoms with E-state index in [4.69, 9.17) is 11.6 Å². The molecule has 0 bridgehead atoms. The molecule has 2 nitrogen and oxygen atoms in total. The molecule has 3 heteroatoms. The SMILES string of the molecule is N#Cc1cc(-c2ccccc2)c2c(c1Cl)CNCC2. The van der Waals surface area contributed by atoms with Gasteiger partial charge in [-0.1, -0.05) is 41.9 Å². The predicted octanol–water partition coefficient (Wildman–Crippen LogP) is 3.52. The van der Waals surface area contributed by atoms with Crippen molar-refractivity contribution in [3.63, 3.8) is 0 Å². The molecule has 19 heavy (non-hydrogen) atoms. The number of nitrogens with zero attached hydrogens (tertiary/aromatic N) is 1. The Morgan fingerprint density at radius 3 is 2.68 bits per heavy atom. The first-order valence-electron chi connectivity index (χ1n) is 6.31. The van der Waals surface area contributed by atoms with Crippen LogP contribution in [0, 0.1) is 11.3 Å². The van der Waals surface area contributed by atoms with Gasteiger partial charge in [-0.05, 0) is 41.3 Å². The highest BCUT2D eigenvalue weighted by Crippen LogP contribution is 2.35. The van der Waals surface area contributed by atoms with E-state index >= 15 is 0 Å². The van der Waals surface area contributed by atoms with E-state index in [9.17, 15) is 5.26 Å². The quantitative estimate of drug-likeness (QED) is 0.859. The minimum atomic E-state index is 0.558. The molecule has 0 unspecified atom stereocenters. The van der Waals surface area contributed by atoms with Gasteiger partial charge in [0.05, 0.1) is 10.6 Å². The Labute approximate surface area is 117 Å². The normalized spacial score (nSPS) is 13.7. The van der Waals surface area contributed by atoms with E-state index in [1.165, 1.54) is 5.56 Å². The third-order valence-electron chi connectivity index (χ3n) is 3.54. The number of benzene rings is 2. The van der Waals surface area contributed by atoms with Crippen molar-refractivity contribution in [2.45, 2.75) is 13.0 Å². The Kier molecular flexibility index (Phi) is 3.25. The fourth-order valence-electron chi connectivity index (χ4n) is 2.61. The third kappa shape index (κ3) is 2.12. The minimum Gasteiger partial charge on any atom is -0.312 e. The number of halogens is 1. The molecule has 0 fully saturated rings. The Morgan fingerprint density at radius 2 is 1.95 bits per heavy atom. The first-order valence-corrected chi connectivity index (χ1v) is 6.69. The monoisotopic (exact) mass is 268 g/mol. The van der Waals surface area contributed by atoms with Crippen molar-refractivity contribution in [3.8, 4) is 17.2 Å². The first-order chi connectivity index (χ1) is 9.31. The van der Waals surface area contributed by atoms with Crippen LogP contribution in [0.5, 0.6) is 0 Å². The Hall–Kier alpha value is -1.82. The van der Waals surface area contributed by atoms with E-state index in [1.807, 2.05) is 24.3 Å². The van der Waals surface area contributed by atoms with E-state index in [1.54, 1.807) is 0 Å². The molecule has 1 N–H and O–H groups in total. The summed E-state index contributed by atoms with van der Waals surface area (Å²) in [6.45, 7) is 1.69. The molecule has 0 aromatic heterocycles. The Bertz CT molecular complexity index is 657. The molecular formula is C16H13ClN2. The molecule has 1 aliphatic heterocycles. The van der Waals surface area contributed by atoms with Crippen LogP contribution in [0.15, 0.2) is 36.4 Å². The van der Waals surface area contributed by atoms with E-state index < -0.39 is 0 Å². The van der Waals surface area contributed by atoms with Gasteiger partial charge in [-0.25, -0.2) is 0 Å². The van der Waals surface area contributed by atoms with Gasteiger partial charge in [-0.3, -0.25) is 0 Å². The molecule has 2 aromatic rings. The minimum absolute atomic E-state index is 0.558. The van der Waals surface area contributed by atoms with E-state index in [2.05, 4.69) is 23.5 Å². The van der Waals surface area contributed by atoms with Gasteiger partial charge in [0.15, 0.2) is 0 Å². The summed E-state index contributed by atoms with van der Waals surface area (Å²) in [6.07, 6.45) is 0.949. The maximum atomic E-state index is 9.24. The summed E-state index contributed by atoms with van der Waals surface area (Å²) in [7, 11) is 0. The van der Waals surface area contributed by atoms with Crippen molar-refractivity contribution in [3.05, 3.63) is 58.1 Å². The highest BCUT2D eigenvalue weighted by atomic mass is 35.5. The summed E-state index contributed by atoms with van der Waals surface area (Å²) >= 11 is 6.32. The largest absolute Gasteiger partial charge is 0.312 e. The standard InChI is InChI=1S/C16H13ClN2/c17-16-12(9-18)8-14(11-4-2-1-3-5-11)13-6-7-19-10-15(13)16/h1-5,8,19H,6-7,10H2. The second-order valence-corrected chi connectivity index (χ2v) is 5.03. The van der Waals surface area contributed by atoms with Crippen LogP contribution in [-0.2, 0) is 13.0 Å². The van der Waals surface area contributed by atoms with E-state index in [0.29, 0.717) is 10.6 Å². The summed E-state index contributed by atoms with van der Waals surface area (Å²) < 4.78 is 0. The molecule has 0 atom stereocenters. The van der Waals surface area contributed by atoms with Gasteiger partial charge in [0.1, 0.15) is 6.07 Å². The average Bonchev–Trinajstić information content (AvgIpc) is 2.49. The molecule has 1 aliphatic rings. The topological polar surface area (TPSA) is 35.8 Å². The molecule has 0 saturated carbocycles. The lowest BCUT2D eigenvalue weighted by Gasteiger charge is -2.22. The van der Waals surface area contributed by atoms with Crippen molar-refractivity contribution in [1.82, 2.24) is 5.32 Å². The van der Waals surface area contributed by atoms with Gasteiger partial charge in [0, 0.05) is 6.54 Å². The summed E-state index contributed by atoms with van der Waals surface area (Å²) in [5.74, 6) is 0. The molecule has 94 valence electrons. The van der Waals surface area contributed by atoms with E-state index in [-0.39, 0.29) is 0 Å². The Morgan fingerprint density at radius 1 is 1.16 bits per heavy atom. The van der Waals surface area contributed by atoms with Gasteiger partial charge in [-0.15, -0.1) is 0 Å². The van der Waals surface area contributed by atoms with Gasteiger partial charge in [0.2, 0.25) is 0 Å². The van der Waals surface area contributed by atoms with E-state index in [0.717, 1.165) is 36.2 Å². The number of hydrogen-bond acceptors (Lipinski definition) is 2. The van der Waals surface area contributed by atoms with Crippen molar-refractivity contribution in [2.24, 2.45) is 0 Å².